The minimum Gasteiger partial charge on any atom is -0.256 e. The van der Waals surface area contributed by atoms with E-state index < -0.39 is 0 Å². The van der Waals surface area contributed by atoms with Crippen LogP contribution in [0, 0.1) is 6.92 Å². The van der Waals surface area contributed by atoms with Gasteiger partial charge in [0.1, 0.15) is 0 Å². The third-order valence-corrected chi connectivity index (χ3v) is 2.98. The zero-order chi connectivity index (χ0) is 11.7. The normalized spacial score (nSPS) is 10.6. The molecule has 0 radical (unpaired) electrons. The first-order valence-corrected chi connectivity index (χ1v) is 5.75. The van der Waals surface area contributed by atoms with Gasteiger partial charge in [0.2, 0.25) is 0 Å². The Bertz CT molecular complexity index is 657. The minimum absolute atomic E-state index is 1.05. The molecule has 0 atom stereocenters. The molecule has 0 aliphatic heterocycles. The van der Waals surface area contributed by atoms with Gasteiger partial charge in [0.25, 0.3) is 0 Å². The highest BCUT2D eigenvalue weighted by Gasteiger charge is 2.03. The van der Waals surface area contributed by atoms with Crippen LogP contribution in [0.15, 0.2) is 60.8 Å². The van der Waals surface area contributed by atoms with Gasteiger partial charge < -0.3 is 0 Å². The Balaban J connectivity index is 2.33. The topological polar surface area (TPSA) is 12.9 Å². The second-order valence-electron chi connectivity index (χ2n) is 4.25. The lowest BCUT2D eigenvalue weighted by molar-refractivity contribution is 1.39. The number of rotatable bonds is 1. The van der Waals surface area contributed by atoms with E-state index in [2.05, 4.69) is 60.4 Å². The number of benzene rings is 2. The van der Waals surface area contributed by atoms with Crippen molar-refractivity contribution in [3.63, 3.8) is 0 Å². The third kappa shape index (κ3) is 1.80. The fraction of sp³-hybridized carbons (Fsp3) is 0.0625. The van der Waals surface area contributed by atoms with Crippen LogP contribution in [0.2, 0.25) is 0 Å². The van der Waals surface area contributed by atoms with E-state index in [-0.39, 0.29) is 0 Å². The van der Waals surface area contributed by atoms with Crippen LogP contribution in [-0.2, 0) is 0 Å². The van der Waals surface area contributed by atoms with E-state index in [9.17, 15) is 0 Å². The van der Waals surface area contributed by atoms with Gasteiger partial charge in [-0.2, -0.15) is 0 Å². The molecule has 17 heavy (non-hydrogen) atoms. The predicted octanol–water partition coefficient (Wildman–Crippen LogP) is 4.21. The van der Waals surface area contributed by atoms with E-state index in [4.69, 9.17) is 0 Å². The summed E-state index contributed by atoms with van der Waals surface area (Å²) < 4.78 is 0. The van der Waals surface area contributed by atoms with Crippen LogP contribution < -0.4 is 0 Å². The molecule has 1 heterocycles. The number of hydrogen-bond acceptors (Lipinski definition) is 1. The number of nitrogens with zero attached hydrogens (tertiary/aromatic N) is 1. The largest absolute Gasteiger partial charge is 0.256 e. The van der Waals surface area contributed by atoms with E-state index in [1.165, 1.54) is 22.1 Å². The first-order chi connectivity index (χ1) is 8.34. The summed E-state index contributed by atoms with van der Waals surface area (Å²) in [7, 11) is 0. The van der Waals surface area contributed by atoms with Crippen LogP contribution in [0.25, 0.3) is 22.0 Å². The molecular formula is C16H13N. The van der Waals surface area contributed by atoms with Crippen molar-refractivity contribution < 1.29 is 0 Å². The molecule has 1 heteroatoms. The second kappa shape index (κ2) is 4.02. The van der Waals surface area contributed by atoms with Crippen LogP contribution >= 0.6 is 0 Å². The molecule has 82 valence electrons. The van der Waals surface area contributed by atoms with Crippen LogP contribution in [0.1, 0.15) is 5.56 Å². The van der Waals surface area contributed by atoms with Gasteiger partial charge in [-0.15, -0.1) is 0 Å². The van der Waals surface area contributed by atoms with Crippen LogP contribution in [0.3, 0.4) is 0 Å². The van der Waals surface area contributed by atoms with Crippen molar-refractivity contribution in [1.29, 1.82) is 0 Å². The molecule has 0 aliphatic carbocycles. The van der Waals surface area contributed by atoms with Gasteiger partial charge in [-0.05, 0) is 36.2 Å². The summed E-state index contributed by atoms with van der Waals surface area (Å²) in [5.74, 6) is 0. The molecule has 0 amide bonds. The van der Waals surface area contributed by atoms with E-state index >= 15 is 0 Å². The maximum Gasteiger partial charge on any atom is 0.0708 e. The molecule has 0 aliphatic rings. The van der Waals surface area contributed by atoms with Crippen LogP contribution in [0.5, 0.6) is 0 Å². The fourth-order valence-electron chi connectivity index (χ4n) is 2.13. The van der Waals surface area contributed by atoms with Gasteiger partial charge in [0, 0.05) is 11.6 Å². The zero-order valence-electron chi connectivity index (χ0n) is 9.72. The Morgan fingerprint density at radius 3 is 2.53 bits per heavy atom. The number of aromatic nitrogens is 1. The zero-order valence-corrected chi connectivity index (χ0v) is 9.72. The maximum absolute atomic E-state index is 4.41. The van der Waals surface area contributed by atoms with Crippen LogP contribution in [0.4, 0.5) is 0 Å². The molecular weight excluding hydrogens is 206 g/mol. The van der Waals surface area contributed by atoms with Gasteiger partial charge in [-0.3, -0.25) is 4.98 Å². The Morgan fingerprint density at radius 1 is 0.882 bits per heavy atom. The number of aryl methyl sites for hydroxylation is 1. The average molecular weight is 219 g/mol. The Labute approximate surface area is 101 Å². The third-order valence-electron chi connectivity index (χ3n) is 2.98. The monoisotopic (exact) mass is 219 g/mol. The van der Waals surface area contributed by atoms with Gasteiger partial charge in [0.15, 0.2) is 0 Å². The summed E-state index contributed by atoms with van der Waals surface area (Å²) >= 11 is 0. The summed E-state index contributed by atoms with van der Waals surface area (Å²) in [6.45, 7) is 2.11. The standard InChI is InChI=1S/C16H13N/c1-12-7-8-16-15(11-12)14(9-10-17-16)13-5-3-2-4-6-13/h2-11H,1H3. The molecule has 0 saturated heterocycles. The molecule has 1 aromatic heterocycles. The Kier molecular flexibility index (Phi) is 2.37. The first kappa shape index (κ1) is 10.0. The predicted molar refractivity (Wildman–Crippen MR) is 71.9 cm³/mol. The van der Waals surface area contributed by atoms with Gasteiger partial charge >= 0.3 is 0 Å². The lowest BCUT2D eigenvalue weighted by Gasteiger charge is -2.06. The van der Waals surface area contributed by atoms with Crippen molar-refractivity contribution in [2.45, 2.75) is 6.92 Å². The van der Waals surface area contributed by atoms with Crippen molar-refractivity contribution in [1.82, 2.24) is 4.98 Å². The molecule has 0 bridgehead atoms. The molecule has 3 aromatic rings. The second-order valence-corrected chi connectivity index (χ2v) is 4.25. The fourth-order valence-corrected chi connectivity index (χ4v) is 2.13. The van der Waals surface area contributed by atoms with Gasteiger partial charge in [-0.25, -0.2) is 0 Å². The highest BCUT2D eigenvalue weighted by molar-refractivity contribution is 5.94. The van der Waals surface area contributed by atoms with Crippen molar-refractivity contribution >= 4 is 10.9 Å². The lowest BCUT2D eigenvalue weighted by atomic mass is 10.0. The minimum atomic E-state index is 1.05. The quantitative estimate of drug-likeness (QED) is 0.597. The van der Waals surface area contributed by atoms with Crippen molar-refractivity contribution in [3.05, 3.63) is 66.4 Å². The van der Waals surface area contributed by atoms with E-state index in [0.29, 0.717) is 0 Å². The van der Waals surface area contributed by atoms with Crippen molar-refractivity contribution in [2.24, 2.45) is 0 Å². The smallest absolute Gasteiger partial charge is 0.0708 e. The summed E-state index contributed by atoms with van der Waals surface area (Å²) in [6, 6.07) is 18.9. The summed E-state index contributed by atoms with van der Waals surface area (Å²) in [5, 5.41) is 1.22. The number of pyridine rings is 1. The molecule has 0 unspecified atom stereocenters. The highest BCUT2D eigenvalue weighted by Crippen LogP contribution is 2.27. The van der Waals surface area contributed by atoms with E-state index in [1.54, 1.807) is 0 Å². The van der Waals surface area contributed by atoms with E-state index in [1.807, 2.05) is 12.3 Å². The molecule has 0 spiro atoms. The summed E-state index contributed by atoms with van der Waals surface area (Å²) in [4.78, 5) is 4.41. The molecule has 0 N–H and O–H groups in total. The van der Waals surface area contributed by atoms with Gasteiger partial charge in [-0.1, -0.05) is 42.0 Å². The molecule has 3 rings (SSSR count). The van der Waals surface area contributed by atoms with Crippen LogP contribution in [-0.4, -0.2) is 4.98 Å². The van der Waals surface area contributed by atoms with E-state index in [0.717, 1.165) is 5.52 Å². The molecule has 0 fully saturated rings. The Hall–Kier alpha value is -2.15. The highest BCUT2D eigenvalue weighted by atomic mass is 14.6. The SMILES string of the molecule is Cc1ccc2nccc(-c3ccccc3)c2c1. The summed E-state index contributed by atoms with van der Waals surface area (Å²) in [5.41, 5.74) is 4.81. The number of fused-ring (bicyclic) bond motifs is 1. The maximum atomic E-state index is 4.41. The first-order valence-electron chi connectivity index (χ1n) is 5.75. The van der Waals surface area contributed by atoms with Gasteiger partial charge in [0.05, 0.1) is 5.52 Å². The van der Waals surface area contributed by atoms with Crippen molar-refractivity contribution in [3.8, 4) is 11.1 Å². The molecule has 0 saturated carbocycles. The van der Waals surface area contributed by atoms with Crippen molar-refractivity contribution in [2.75, 3.05) is 0 Å². The average Bonchev–Trinajstić information content (AvgIpc) is 2.39. The summed E-state index contributed by atoms with van der Waals surface area (Å²) in [6.07, 6.45) is 1.88. The Morgan fingerprint density at radius 2 is 1.71 bits per heavy atom. The number of hydrogen-bond donors (Lipinski definition) is 0. The lowest BCUT2D eigenvalue weighted by Crippen LogP contribution is -1.85. The molecule has 2 aromatic carbocycles. The molecule has 1 nitrogen and oxygen atoms in total.